The first-order valence-corrected chi connectivity index (χ1v) is 8.55. The van der Waals surface area contributed by atoms with Crippen LogP contribution in [0.15, 0.2) is 16.9 Å². The molecule has 1 saturated heterocycles. The highest BCUT2D eigenvalue weighted by atomic mass is 16.5. The summed E-state index contributed by atoms with van der Waals surface area (Å²) in [7, 11) is 1.63. The Morgan fingerprint density at radius 3 is 2.79 bits per heavy atom. The number of amides is 1. The first kappa shape index (κ1) is 18.7. The number of pyridine rings is 1. The number of piperidine rings is 1. The maximum absolute atomic E-state index is 12.8. The zero-order valence-corrected chi connectivity index (χ0v) is 14.8. The van der Waals surface area contributed by atoms with Crippen molar-refractivity contribution in [3.63, 3.8) is 0 Å². The number of methoxy groups -OCH3 is 1. The summed E-state index contributed by atoms with van der Waals surface area (Å²) in [5, 5.41) is 9.83. The van der Waals surface area contributed by atoms with Crippen LogP contribution in [0.4, 0.5) is 0 Å². The van der Waals surface area contributed by atoms with Gasteiger partial charge in [0.2, 0.25) is 0 Å². The van der Waals surface area contributed by atoms with Gasteiger partial charge in [0.15, 0.2) is 0 Å². The second-order valence-corrected chi connectivity index (χ2v) is 7.04. The van der Waals surface area contributed by atoms with Gasteiger partial charge < -0.3 is 19.7 Å². The van der Waals surface area contributed by atoms with Gasteiger partial charge in [0.05, 0.1) is 6.61 Å². The number of aliphatic hydroxyl groups is 1. The van der Waals surface area contributed by atoms with E-state index >= 15 is 0 Å². The van der Waals surface area contributed by atoms with Crippen molar-refractivity contribution in [2.45, 2.75) is 39.0 Å². The summed E-state index contributed by atoms with van der Waals surface area (Å²) in [5.74, 6) is -0.0607. The largest absolute Gasteiger partial charge is 0.396 e. The first-order chi connectivity index (χ1) is 11.4. The number of hydrogen-bond donors (Lipinski definition) is 2. The van der Waals surface area contributed by atoms with E-state index in [4.69, 9.17) is 4.74 Å². The summed E-state index contributed by atoms with van der Waals surface area (Å²) in [5.41, 5.74) is 0.303. The maximum atomic E-state index is 12.8. The third-order valence-corrected chi connectivity index (χ3v) is 4.91. The van der Waals surface area contributed by atoms with Crippen LogP contribution < -0.4 is 5.56 Å². The van der Waals surface area contributed by atoms with Crippen molar-refractivity contribution in [1.29, 1.82) is 0 Å². The zero-order valence-electron chi connectivity index (χ0n) is 14.8. The highest BCUT2D eigenvalue weighted by Crippen LogP contribution is 2.33. The fraction of sp³-hybridized carbons (Fsp3) is 0.667. The van der Waals surface area contributed by atoms with E-state index in [1.165, 1.54) is 0 Å². The molecular weight excluding hydrogens is 308 g/mol. The number of nitrogens with one attached hydrogen (secondary N) is 1. The van der Waals surface area contributed by atoms with Crippen molar-refractivity contribution >= 4 is 5.91 Å². The Balaban J connectivity index is 2.18. The van der Waals surface area contributed by atoms with Gasteiger partial charge in [-0.15, -0.1) is 0 Å². The third kappa shape index (κ3) is 4.05. The third-order valence-electron chi connectivity index (χ3n) is 4.91. The van der Waals surface area contributed by atoms with Crippen LogP contribution in [-0.2, 0) is 4.74 Å². The number of aliphatic hydroxyl groups excluding tert-OH is 1. The van der Waals surface area contributed by atoms with Crippen molar-refractivity contribution < 1.29 is 14.6 Å². The molecule has 6 nitrogen and oxygen atoms in total. The van der Waals surface area contributed by atoms with E-state index in [0.717, 1.165) is 18.5 Å². The lowest BCUT2D eigenvalue weighted by Crippen LogP contribution is -2.49. The monoisotopic (exact) mass is 336 g/mol. The van der Waals surface area contributed by atoms with Crippen molar-refractivity contribution in [2.75, 3.05) is 33.4 Å². The maximum Gasteiger partial charge on any atom is 0.261 e. The van der Waals surface area contributed by atoms with Crippen LogP contribution >= 0.6 is 0 Å². The van der Waals surface area contributed by atoms with Gasteiger partial charge in [-0.2, -0.15) is 0 Å². The Hall–Kier alpha value is -1.66. The van der Waals surface area contributed by atoms with Crippen LogP contribution in [0.3, 0.4) is 0 Å². The standard InChI is InChI=1S/C18H28N2O4/c1-13(2)15-6-5-14(16(22)19-15)17(23)20-9-4-7-18(11-20,12-21)8-10-24-3/h5-6,13,21H,4,7-12H2,1-3H3,(H,19,22)/t18-/m1/s1. The number of rotatable bonds is 6. The van der Waals surface area contributed by atoms with E-state index in [1.54, 1.807) is 24.1 Å². The Kier molecular flexibility index (Phi) is 6.18. The van der Waals surface area contributed by atoms with Crippen LogP contribution in [0.2, 0.25) is 0 Å². The number of carbonyl (C=O) groups is 1. The summed E-state index contributed by atoms with van der Waals surface area (Å²) in [4.78, 5) is 29.5. The summed E-state index contributed by atoms with van der Waals surface area (Å²) in [6, 6.07) is 3.41. The van der Waals surface area contributed by atoms with Crippen LogP contribution in [-0.4, -0.2) is 54.3 Å². The molecule has 6 heteroatoms. The lowest BCUT2D eigenvalue weighted by atomic mass is 9.78. The average molecular weight is 336 g/mol. The van der Waals surface area contributed by atoms with Crippen molar-refractivity contribution in [3.8, 4) is 0 Å². The van der Waals surface area contributed by atoms with E-state index in [9.17, 15) is 14.7 Å². The number of carbonyl (C=O) groups excluding carboxylic acids is 1. The second kappa shape index (κ2) is 7.94. The molecule has 1 aliphatic rings. The van der Waals surface area contributed by atoms with Crippen LogP contribution in [0, 0.1) is 5.41 Å². The molecule has 0 unspecified atom stereocenters. The van der Waals surface area contributed by atoms with Crippen molar-refractivity contribution in [2.24, 2.45) is 5.41 Å². The summed E-state index contributed by atoms with van der Waals surface area (Å²) in [6.07, 6.45) is 2.38. The Morgan fingerprint density at radius 2 is 2.21 bits per heavy atom. The molecular formula is C18H28N2O4. The number of H-pyrrole nitrogens is 1. The van der Waals surface area contributed by atoms with Gasteiger partial charge in [-0.1, -0.05) is 13.8 Å². The molecule has 1 atom stereocenters. The highest BCUT2D eigenvalue weighted by Gasteiger charge is 2.37. The van der Waals surface area contributed by atoms with Crippen molar-refractivity contribution in [1.82, 2.24) is 9.88 Å². The quantitative estimate of drug-likeness (QED) is 0.829. The molecule has 1 fully saturated rings. The molecule has 0 aromatic carbocycles. The predicted molar refractivity (Wildman–Crippen MR) is 92.3 cm³/mol. The lowest BCUT2D eigenvalue weighted by Gasteiger charge is -2.41. The van der Waals surface area contributed by atoms with Gasteiger partial charge >= 0.3 is 0 Å². The van der Waals surface area contributed by atoms with Crippen LogP contribution in [0.25, 0.3) is 0 Å². The van der Waals surface area contributed by atoms with Gasteiger partial charge in [-0.3, -0.25) is 9.59 Å². The molecule has 0 radical (unpaired) electrons. The minimum atomic E-state index is -0.344. The number of ether oxygens (including phenoxy) is 1. The summed E-state index contributed by atoms with van der Waals surface area (Å²) < 4.78 is 5.14. The predicted octanol–water partition coefficient (Wildman–Crippen LogP) is 1.75. The normalized spacial score (nSPS) is 21.3. The van der Waals surface area contributed by atoms with Gasteiger partial charge in [-0.25, -0.2) is 0 Å². The Bertz CT molecular complexity index is 626. The van der Waals surface area contributed by atoms with Gasteiger partial charge in [-0.05, 0) is 37.3 Å². The molecule has 1 aliphatic heterocycles. The molecule has 2 N–H and O–H groups in total. The van der Waals surface area contributed by atoms with Crippen molar-refractivity contribution in [3.05, 3.63) is 33.7 Å². The van der Waals surface area contributed by atoms with Gasteiger partial charge in [0.1, 0.15) is 5.56 Å². The highest BCUT2D eigenvalue weighted by molar-refractivity contribution is 5.94. The molecule has 0 saturated carbocycles. The van der Waals surface area contributed by atoms with E-state index in [0.29, 0.717) is 26.1 Å². The van der Waals surface area contributed by atoms with Crippen LogP contribution in [0.1, 0.15) is 55.1 Å². The Labute approximate surface area is 142 Å². The van der Waals surface area contributed by atoms with E-state index in [2.05, 4.69) is 4.98 Å². The fourth-order valence-corrected chi connectivity index (χ4v) is 3.28. The van der Waals surface area contributed by atoms with Crippen LogP contribution in [0.5, 0.6) is 0 Å². The summed E-state index contributed by atoms with van der Waals surface area (Å²) in [6.45, 7) is 5.61. The molecule has 2 rings (SSSR count). The SMILES string of the molecule is COCC[C@]1(CO)CCCN(C(=O)c2ccc(C(C)C)[nH]c2=O)C1. The molecule has 2 heterocycles. The zero-order chi connectivity index (χ0) is 17.7. The summed E-state index contributed by atoms with van der Waals surface area (Å²) >= 11 is 0. The topological polar surface area (TPSA) is 82.6 Å². The number of nitrogens with zero attached hydrogens (tertiary/aromatic N) is 1. The number of likely N-dealkylation sites (tertiary alicyclic amines) is 1. The van der Waals surface area contributed by atoms with E-state index in [1.807, 2.05) is 13.8 Å². The average Bonchev–Trinajstić information content (AvgIpc) is 2.59. The molecule has 0 bridgehead atoms. The number of aromatic amines is 1. The molecule has 1 aromatic rings. The molecule has 1 amide bonds. The number of hydrogen-bond acceptors (Lipinski definition) is 4. The molecule has 0 aliphatic carbocycles. The van der Waals surface area contributed by atoms with E-state index < -0.39 is 0 Å². The minimum absolute atomic E-state index is 0.0167. The molecule has 1 aromatic heterocycles. The Morgan fingerprint density at radius 1 is 1.46 bits per heavy atom. The fourth-order valence-electron chi connectivity index (χ4n) is 3.28. The number of aromatic nitrogens is 1. The first-order valence-electron chi connectivity index (χ1n) is 8.55. The van der Waals surface area contributed by atoms with Gasteiger partial charge in [0.25, 0.3) is 11.5 Å². The molecule has 134 valence electrons. The lowest BCUT2D eigenvalue weighted by molar-refractivity contribution is 0.00890. The molecule has 0 spiro atoms. The second-order valence-electron chi connectivity index (χ2n) is 7.04. The van der Waals surface area contributed by atoms with Gasteiger partial charge in [0, 0.05) is 37.9 Å². The smallest absolute Gasteiger partial charge is 0.261 e. The van der Waals surface area contributed by atoms with E-state index in [-0.39, 0.29) is 35.0 Å². The molecule has 24 heavy (non-hydrogen) atoms. The minimum Gasteiger partial charge on any atom is -0.396 e.